The first kappa shape index (κ1) is 18.4. The maximum atomic E-state index is 7.20. The van der Waals surface area contributed by atoms with E-state index in [1.54, 1.807) is 0 Å². The van der Waals surface area contributed by atoms with Gasteiger partial charge in [0, 0.05) is 6.10 Å². The van der Waals surface area contributed by atoms with Gasteiger partial charge in [-0.05, 0) is 47.0 Å². The van der Waals surface area contributed by atoms with Crippen molar-refractivity contribution in [2.75, 3.05) is 0 Å². The van der Waals surface area contributed by atoms with Crippen LogP contribution in [0.5, 0.6) is 0 Å². The summed E-state index contributed by atoms with van der Waals surface area (Å²) in [6.07, 6.45) is 5.38. The van der Waals surface area contributed by atoms with E-state index in [-0.39, 0.29) is 5.04 Å². The van der Waals surface area contributed by atoms with Gasteiger partial charge in [-0.25, -0.2) is 0 Å². The maximum absolute atomic E-state index is 7.20. The zero-order valence-electron chi connectivity index (χ0n) is 16.2. The summed E-state index contributed by atoms with van der Waals surface area (Å²) >= 11 is 0. The van der Waals surface area contributed by atoms with Crippen LogP contribution >= 0.6 is 0 Å². The number of hydrogen-bond donors (Lipinski definition) is 0. The minimum Gasteiger partial charge on any atom is -0.404 e. The molecule has 0 radical (unpaired) electrons. The molecule has 2 heteroatoms. The minimum absolute atomic E-state index is 0.0821. The molecule has 0 aliphatic heterocycles. The molecule has 0 N–H and O–H groups in total. The van der Waals surface area contributed by atoms with Crippen molar-refractivity contribution in [2.45, 2.75) is 64.5 Å². The van der Waals surface area contributed by atoms with Crippen molar-refractivity contribution in [3.8, 4) is 0 Å². The highest BCUT2D eigenvalue weighted by Gasteiger charge is 2.51. The Hall–Kier alpha value is -1.38. The normalized spacial score (nSPS) is 21.9. The Labute approximate surface area is 154 Å². The lowest BCUT2D eigenvalue weighted by Crippen LogP contribution is -2.67. The lowest BCUT2D eigenvalue weighted by atomic mass is 9.89. The first-order valence-electron chi connectivity index (χ1n) is 9.72. The Morgan fingerprint density at radius 2 is 1.20 bits per heavy atom. The molecule has 0 amide bonds. The first-order chi connectivity index (χ1) is 11.9. The second kappa shape index (κ2) is 7.47. The van der Waals surface area contributed by atoms with Crippen LogP contribution in [0.1, 0.15) is 53.4 Å². The molecule has 3 rings (SSSR count). The van der Waals surface area contributed by atoms with Crippen LogP contribution in [0.15, 0.2) is 60.7 Å². The van der Waals surface area contributed by atoms with Gasteiger partial charge in [-0.3, -0.25) is 0 Å². The number of hydrogen-bond acceptors (Lipinski definition) is 1. The molecule has 0 unspecified atom stereocenters. The Morgan fingerprint density at radius 3 is 1.60 bits per heavy atom. The zero-order valence-corrected chi connectivity index (χ0v) is 17.2. The van der Waals surface area contributed by atoms with E-state index in [4.69, 9.17) is 4.43 Å². The highest BCUT2D eigenvalue weighted by molar-refractivity contribution is 6.99. The molecule has 0 heterocycles. The summed E-state index contributed by atoms with van der Waals surface area (Å²) < 4.78 is 7.20. The monoisotopic (exact) mass is 352 g/mol. The molecule has 25 heavy (non-hydrogen) atoms. The molecule has 0 aromatic heterocycles. The van der Waals surface area contributed by atoms with E-state index in [0.717, 1.165) is 5.92 Å². The molecule has 0 bridgehead atoms. The third-order valence-corrected chi connectivity index (χ3v) is 10.8. The Kier molecular flexibility index (Phi) is 5.50. The summed E-state index contributed by atoms with van der Waals surface area (Å²) in [6, 6.07) is 22.0. The minimum atomic E-state index is -2.36. The highest BCUT2D eigenvalue weighted by atomic mass is 28.4. The van der Waals surface area contributed by atoms with Gasteiger partial charge in [-0.2, -0.15) is 0 Å². The van der Waals surface area contributed by atoms with Crippen LogP contribution in [-0.4, -0.2) is 14.4 Å². The van der Waals surface area contributed by atoms with E-state index in [1.165, 1.54) is 36.1 Å². The quantitative estimate of drug-likeness (QED) is 0.692. The second-order valence-electron chi connectivity index (χ2n) is 8.66. The Bertz CT molecular complexity index is 612. The Balaban J connectivity index is 2.09. The Morgan fingerprint density at radius 1 is 0.760 bits per heavy atom. The number of benzene rings is 2. The van der Waals surface area contributed by atoms with E-state index in [0.29, 0.717) is 6.10 Å². The van der Waals surface area contributed by atoms with E-state index >= 15 is 0 Å². The molecule has 1 saturated carbocycles. The smallest absolute Gasteiger partial charge is 0.261 e. The van der Waals surface area contributed by atoms with E-state index in [1.807, 2.05) is 0 Å². The van der Waals surface area contributed by atoms with Crippen molar-refractivity contribution in [2.24, 2.45) is 5.92 Å². The predicted molar refractivity (Wildman–Crippen MR) is 110 cm³/mol. The van der Waals surface area contributed by atoms with Crippen molar-refractivity contribution >= 4 is 18.7 Å². The van der Waals surface area contributed by atoms with Gasteiger partial charge in [0.1, 0.15) is 0 Å². The summed E-state index contributed by atoms with van der Waals surface area (Å²) in [5.41, 5.74) is 0. The summed E-state index contributed by atoms with van der Waals surface area (Å²) in [5.74, 6) is 0.846. The van der Waals surface area contributed by atoms with E-state index in [2.05, 4.69) is 88.4 Å². The molecule has 1 fully saturated rings. The van der Waals surface area contributed by atoms with Crippen molar-refractivity contribution in [1.29, 1.82) is 0 Å². The largest absolute Gasteiger partial charge is 0.404 e. The first-order valence-corrected chi connectivity index (χ1v) is 11.6. The predicted octanol–water partition coefficient (Wildman–Crippen LogP) is 5.14. The van der Waals surface area contributed by atoms with Crippen LogP contribution in [0.25, 0.3) is 0 Å². The van der Waals surface area contributed by atoms with Gasteiger partial charge < -0.3 is 4.43 Å². The maximum Gasteiger partial charge on any atom is 0.261 e. The van der Waals surface area contributed by atoms with Crippen LogP contribution in [0.2, 0.25) is 5.04 Å². The van der Waals surface area contributed by atoms with Gasteiger partial charge >= 0.3 is 0 Å². The lowest BCUT2D eigenvalue weighted by molar-refractivity contribution is 0.125. The van der Waals surface area contributed by atoms with Gasteiger partial charge in [0.2, 0.25) is 0 Å². The SMILES string of the molecule is CC1CCC(O[Si](c2ccccc2)(c2ccccc2)C(C)(C)C)CC1. The molecule has 1 aliphatic rings. The third kappa shape index (κ3) is 3.75. The fourth-order valence-corrected chi connectivity index (χ4v) is 9.04. The molecule has 134 valence electrons. The van der Waals surface area contributed by atoms with E-state index in [9.17, 15) is 0 Å². The van der Waals surface area contributed by atoms with Crippen LogP contribution in [0.3, 0.4) is 0 Å². The van der Waals surface area contributed by atoms with Crippen molar-refractivity contribution in [3.63, 3.8) is 0 Å². The lowest BCUT2D eigenvalue weighted by Gasteiger charge is -2.46. The number of rotatable bonds is 4. The van der Waals surface area contributed by atoms with Crippen LogP contribution in [-0.2, 0) is 4.43 Å². The standard InChI is InChI=1S/C23H32OSi/c1-19-15-17-20(18-16-19)24-25(23(2,3)4,21-11-7-5-8-12-21)22-13-9-6-10-14-22/h5-14,19-20H,15-18H2,1-4H3. The molecular weight excluding hydrogens is 320 g/mol. The fourth-order valence-electron chi connectivity index (χ4n) is 4.29. The van der Waals surface area contributed by atoms with Crippen LogP contribution in [0, 0.1) is 5.92 Å². The highest BCUT2D eigenvalue weighted by Crippen LogP contribution is 2.39. The molecule has 0 atom stereocenters. The molecule has 1 aliphatic carbocycles. The van der Waals surface area contributed by atoms with Gasteiger partial charge in [0.05, 0.1) is 0 Å². The van der Waals surface area contributed by atoms with Crippen LogP contribution < -0.4 is 10.4 Å². The van der Waals surface area contributed by atoms with Gasteiger partial charge in [0.15, 0.2) is 0 Å². The van der Waals surface area contributed by atoms with Crippen molar-refractivity contribution < 1.29 is 4.43 Å². The molecular formula is C23H32OSi. The molecule has 1 nitrogen and oxygen atoms in total. The molecule has 0 spiro atoms. The average Bonchev–Trinajstić information content (AvgIpc) is 2.62. The summed E-state index contributed by atoms with van der Waals surface area (Å²) in [7, 11) is -2.36. The third-order valence-electron chi connectivity index (χ3n) is 5.72. The van der Waals surface area contributed by atoms with E-state index < -0.39 is 8.32 Å². The molecule has 2 aromatic carbocycles. The molecule has 2 aromatic rings. The summed E-state index contributed by atoms with van der Waals surface area (Å²) in [6.45, 7) is 9.47. The van der Waals surface area contributed by atoms with Gasteiger partial charge in [0.25, 0.3) is 8.32 Å². The topological polar surface area (TPSA) is 9.23 Å². The van der Waals surface area contributed by atoms with Crippen LogP contribution in [0.4, 0.5) is 0 Å². The summed E-state index contributed by atoms with van der Waals surface area (Å²) in [5, 5.41) is 2.87. The fraction of sp³-hybridized carbons (Fsp3) is 0.478. The van der Waals surface area contributed by atoms with Gasteiger partial charge in [-0.15, -0.1) is 0 Å². The van der Waals surface area contributed by atoms with Crippen molar-refractivity contribution in [1.82, 2.24) is 0 Å². The summed E-state index contributed by atoms with van der Waals surface area (Å²) in [4.78, 5) is 0. The second-order valence-corrected chi connectivity index (χ2v) is 12.9. The van der Waals surface area contributed by atoms with Gasteiger partial charge in [-0.1, -0.05) is 88.4 Å². The zero-order chi connectivity index (χ0) is 17.9. The molecule has 0 saturated heterocycles. The average molecular weight is 353 g/mol. The van der Waals surface area contributed by atoms with Crippen molar-refractivity contribution in [3.05, 3.63) is 60.7 Å².